The molecule has 0 aliphatic rings. The third kappa shape index (κ3) is 2.00. The zero-order chi connectivity index (χ0) is 8.27. The first-order chi connectivity index (χ1) is 5.20. The van der Waals surface area contributed by atoms with E-state index in [0.717, 1.165) is 11.3 Å². The number of aryl methyl sites for hydroxylation is 1. The maximum absolute atomic E-state index is 10.3. The van der Waals surface area contributed by atoms with E-state index in [-0.39, 0.29) is 0 Å². The van der Waals surface area contributed by atoms with Gasteiger partial charge in [0.2, 0.25) is 0 Å². The van der Waals surface area contributed by atoms with Crippen molar-refractivity contribution in [2.45, 2.75) is 13.5 Å². The minimum absolute atomic E-state index is 0.355. The molecule has 4 heteroatoms. The number of hydrogen-bond donors (Lipinski definition) is 2. The number of carbonyl (C=O) groups excluding carboxylic acids is 1. The number of rotatable bonds is 2. The van der Waals surface area contributed by atoms with Crippen molar-refractivity contribution in [2.75, 3.05) is 0 Å². The van der Waals surface area contributed by atoms with Gasteiger partial charge in [-0.05, 0) is 18.6 Å². The number of carbonyl (C=O) groups is 1. The molecule has 0 saturated heterocycles. The Morgan fingerprint density at radius 2 is 2.55 bits per heavy atom. The van der Waals surface area contributed by atoms with E-state index in [1.807, 2.05) is 13.0 Å². The van der Waals surface area contributed by atoms with Crippen LogP contribution in [0, 0.1) is 6.92 Å². The minimum atomic E-state index is -0.541. The van der Waals surface area contributed by atoms with Crippen LogP contribution in [0.25, 0.3) is 0 Å². The third-order valence-corrected chi connectivity index (χ3v) is 1.39. The molecule has 0 atom stereocenters. The Hall–Kier alpha value is -1.45. The van der Waals surface area contributed by atoms with Crippen LogP contribution in [0.4, 0.5) is 4.79 Å². The van der Waals surface area contributed by atoms with E-state index >= 15 is 0 Å². The normalized spacial score (nSPS) is 9.55. The molecule has 3 N–H and O–H groups in total. The van der Waals surface area contributed by atoms with Gasteiger partial charge in [0.05, 0.1) is 12.8 Å². The molecule has 1 rings (SSSR count). The maximum Gasteiger partial charge on any atom is 0.312 e. The van der Waals surface area contributed by atoms with Gasteiger partial charge >= 0.3 is 6.03 Å². The first-order valence-corrected chi connectivity index (χ1v) is 3.26. The third-order valence-electron chi connectivity index (χ3n) is 1.39. The summed E-state index contributed by atoms with van der Waals surface area (Å²) in [7, 11) is 0. The SMILES string of the molecule is Cc1ccoc1CNC(N)=O. The summed E-state index contributed by atoms with van der Waals surface area (Å²) in [5.74, 6) is 0.740. The number of nitrogens with two attached hydrogens (primary N) is 1. The Balaban J connectivity index is 2.51. The minimum Gasteiger partial charge on any atom is -0.467 e. The fraction of sp³-hybridized carbons (Fsp3) is 0.286. The van der Waals surface area contributed by atoms with Gasteiger partial charge in [-0.3, -0.25) is 0 Å². The van der Waals surface area contributed by atoms with E-state index in [4.69, 9.17) is 10.2 Å². The molecule has 0 spiro atoms. The van der Waals surface area contributed by atoms with E-state index in [1.165, 1.54) is 0 Å². The number of nitrogens with one attached hydrogen (secondary N) is 1. The van der Waals surface area contributed by atoms with Gasteiger partial charge in [-0.25, -0.2) is 4.79 Å². The van der Waals surface area contributed by atoms with Crippen molar-refractivity contribution < 1.29 is 9.21 Å². The van der Waals surface area contributed by atoms with Crippen LogP contribution >= 0.6 is 0 Å². The quantitative estimate of drug-likeness (QED) is 0.660. The molecule has 11 heavy (non-hydrogen) atoms. The molecular weight excluding hydrogens is 144 g/mol. The number of furan rings is 1. The van der Waals surface area contributed by atoms with E-state index < -0.39 is 6.03 Å². The second kappa shape index (κ2) is 3.09. The molecule has 2 amide bonds. The van der Waals surface area contributed by atoms with E-state index in [0.29, 0.717) is 6.54 Å². The lowest BCUT2D eigenvalue weighted by Crippen LogP contribution is -2.28. The van der Waals surface area contributed by atoms with Crippen molar-refractivity contribution in [1.82, 2.24) is 5.32 Å². The van der Waals surface area contributed by atoms with Crippen LogP contribution in [0.15, 0.2) is 16.7 Å². The number of primary amides is 1. The average Bonchev–Trinajstić information content (AvgIpc) is 2.31. The standard InChI is InChI=1S/C7H10N2O2/c1-5-2-3-11-6(5)4-9-7(8)10/h2-3H,4H2,1H3,(H3,8,9,10). The molecule has 0 fully saturated rings. The van der Waals surface area contributed by atoms with Crippen LogP contribution in [-0.2, 0) is 6.54 Å². The summed E-state index contributed by atoms with van der Waals surface area (Å²) in [5.41, 5.74) is 5.88. The molecule has 0 radical (unpaired) electrons. The molecular formula is C7H10N2O2. The lowest BCUT2D eigenvalue weighted by atomic mass is 10.3. The number of amides is 2. The van der Waals surface area contributed by atoms with Gasteiger partial charge in [0.25, 0.3) is 0 Å². The molecule has 1 aromatic heterocycles. The first-order valence-electron chi connectivity index (χ1n) is 3.26. The Kier molecular flexibility index (Phi) is 2.15. The van der Waals surface area contributed by atoms with Crippen molar-refractivity contribution in [3.05, 3.63) is 23.7 Å². The second-order valence-electron chi connectivity index (χ2n) is 2.24. The van der Waals surface area contributed by atoms with Gasteiger partial charge in [0.15, 0.2) is 0 Å². The summed E-state index contributed by atoms with van der Waals surface area (Å²) < 4.78 is 5.04. The zero-order valence-corrected chi connectivity index (χ0v) is 6.26. The van der Waals surface area contributed by atoms with Gasteiger partial charge in [0, 0.05) is 0 Å². The van der Waals surface area contributed by atoms with Crippen molar-refractivity contribution in [3.63, 3.8) is 0 Å². The lowest BCUT2D eigenvalue weighted by Gasteiger charge is -1.98. The molecule has 1 heterocycles. The fourth-order valence-corrected chi connectivity index (χ4v) is 0.753. The highest BCUT2D eigenvalue weighted by Gasteiger charge is 2.01. The van der Waals surface area contributed by atoms with Crippen LogP contribution in [0.1, 0.15) is 11.3 Å². The van der Waals surface area contributed by atoms with Crippen LogP contribution in [0.5, 0.6) is 0 Å². The maximum atomic E-state index is 10.3. The second-order valence-corrected chi connectivity index (χ2v) is 2.24. The summed E-state index contributed by atoms with van der Waals surface area (Å²) in [5, 5.41) is 2.43. The van der Waals surface area contributed by atoms with E-state index in [9.17, 15) is 4.79 Å². The monoisotopic (exact) mass is 154 g/mol. The topological polar surface area (TPSA) is 68.3 Å². The summed E-state index contributed by atoms with van der Waals surface area (Å²) in [6.45, 7) is 2.26. The van der Waals surface area contributed by atoms with Gasteiger partial charge in [0.1, 0.15) is 5.76 Å². The van der Waals surface area contributed by atoms with Crippen LogP contribution in [0.2, 0.25) is 0 Å². The predicted octanol–water partition coefficient (Wildman–Crippen LogP) is 0.756. The Morgan fingerprint density at radius 1 is 1.82 bits per heavy atom. The highest BCUT2D eigenvalue weighted by atomic mass is 16.3. The Bertz CT molecular complexity index is 255. The highest BCUT2D eigenvalue weighted by Crippen LogP contribution is 2.07. The summed E-state index contributed by atoms with van der Waals surface area (Å²) >= 11 is 0. The van der Waals surface area contributed by atoms with E-state index in [2.05, 4.69) is 5.32 Å². The number of hydrogen-bond acceptors (Lipinski definition) is 2. The van der Waals surface area contributed by atoms with Crippen molar-refractivity contribution in [3.8, 4) is 0 Å². The van der Waals surface area contributed by atoms with Crippen LogP contribution < -0.4 is 11.1 Å². The largest absolute Gasteiger partial charge is 0.467 e. The van der Waals surface area contributed by atoms with Crippen molar-refractivity contribution >= 4 is 6.03 Å². The van der Waals surface area contributed by atoms with E-state index in [1.54, 1.807) is 6.26 Å². The van der Waals surface area contributed by atoms with Gasteiger partial charge in [-0.15, -0.1) is 0 Å². The molecule has 0 aliphatic carbocycles. The predicted molar refractivity (Wildman–Crippen MR) is 39.9 cm³/mol. The van der Waals surface area contributed by atoms with Crippen molar-refractivity contribution in [2.24, 2.45) is 5.73 Å². The number of urea groups is 1. The smallest absolute Gasteiger partial charge is 0.312 e. The first kappa shape index (κ1) is 7.65. The summed E-state index contributed by atoms with van der Waals surface area (Å²) in [6, 6.07) is 1.29. The molecule has 0 aliphatic heterocycles. The van der Waals surface area contributed by atoms with Gasteiger partial charge in [-0.2, -0.15) is 0 Å². The molecule has 0 aromatic carbocycles. The highest BCUT2D eigenvalue weighted by molar-refractivity contribution is 5.71. The molecule has 4 nitrogen and oxygen atoms in total. The summed E-state index contributed by atoms with van der Waals surface area (Å²) in [4.78, 5) is 10.3. The van der Waals surface area contributed by atoms with Crippen molar-refractivity contribution in [1.29, 1.82) is 0 Å². The zero-order valence-electron chi connectivity index (χ0n) is 6.26. The summed E-state index contributed by atoms with van der Waals surface area (Å²) in [6.07, 6.45) is 1.58. The fourth-order valence-electron chi connectivity index (χ4n) is 0.753. The average molecular weight is 154 g/mol. The van der Waals surface area contributed by atoms with Gasteiger partial charge in [-0.1, -0.05) is 0 Å². The molecule has 0 saturated carbocycles. The van der Waals surface area contributed by atoms with Crippen LogP contribution in [0.3, 0.4) is 0 Å². The molecule has 0 unspecified atom stereocenters. The molecule has 1 aromatic rings. The van der Waals surface area contributed by atoms with Crippen LogP contribution in [-0.4, -0.2) is 6.03 Å². The Labute approximate surface area is 64.4 Å². The Morgan fingerprint density at radius 3 is 3.00 bits per heavy atom. The lowest BCUT2D eigenvalue weighted by molar-refractivity contribution is 0.247. The van der Waals surface area contributed by atoms with Gasteiger partial charge < -0.3 is 15.5 Å². The molecule has 60 valence electrons. The molecule has 0 bridgehead atoms.